The van der Waals surface area contributed by atoms with Crippen molar-refractivity contribution in [3.05, 3.63) is 29.3 Å². The summed E-state index contributed by atoms with van der Waals surface area (Å²) in [5.74, 6) is -0.479. The number of para-hydroxylation sites is 1. The van der Waals surface area contributed by atoms with Gasteiger partial charge in [0.2, 0.25) is 17.0 Å². The van der Waals surface area contributed by atoms with Crippen LogP contribution in [-0.4, -0.2) is 43.8 Å². The molecule has 1 aliphatic carbocycles. The number of carbonyl (C=O) groups is 2. The van der Waals surface area contributed by atoms with Gasteiger partial charge < -0.3 is 10.6 Å². The normalized spacial score (nSPS) is 14.7. The number of aromatic nitrogens is 4. The molecular formula is C17H22N6O2S. The van der Waals surface area contributed by atoms with Crippen LogP contribution in [-0.2, 0) is 9.59 Å². The first-order valence-electron chi connectivity index (χ1n) is 8.54. The van der Waals surface area contributed by atoms with E-state index in [2.05, 4.69) is 26.2 Å². The Morgan fingerprint density at radius 2 is 2.00 bits per heavy atom. The van der Waals surface area contributed by atoms with Gasteiger partial charge in [-0.3, -0.25) is 9.59 Å². The third-order valence-corrected chi connectivity index (χ3v) is 5.22. The largest absolute Gasteiger partial charge is 0.346 e. The van der Waals surface area contributed by atoms with E-state index >= 15 is 0 Å². The van der Waals surface area contributed by atoms with Crippen molar-refractivity contribution in [2.24, 2.45) is 0 Å². The van der Waals surface area contributed by atoms with Crippen LogP contribution in [0, 0.1) is 13.8 Å². The van der Waals surface area contributed by atoms with E-state index in [1.807, 2.05) is 32.0 Å². The van der Waals surface area contributed by atoms with Crippen LogP contribution in [0.2, 0.25) is 0 Å². The molecule has 1 aliphatic rings. The lowest BCUT2D eigenvalue weighted by molar-refractivity contribution is -0.123. The van der Waals surface area contributed by atoms with Gasteiger partial charge in [-0.2, -0.15) is 0 Å². The van der Waals surface area contributed by atoms with Gasteiger partial charge in [-0.1, -0.05) is 30.0 Å². The number of amides is 2. The number of thioether (sulfide) groups is 1. The van der Waals surface area contributed by atoms with E-state index < -0.39 is 5.25 Å². The zero-order chi connectivity index (χ0) is 18.7. The van der Waals surface area contributed by atoms with E-state index in [1.54, 1.807) is 11.6 Å². The quantitative estimate of drug-likeness (QED) is 0.717. The van der Waals surface area contributed by atoms with Crippen LogP contribution in [0.3, 0.4) is 0 Å². The zero-order valence-corrected chi connectivity index (χ0v) is 15.8. The summed E-state index contributed by atoms with van der Waals surface area (Å²) >= 11 is 1.30. The van der Waals surface area contributed by atoms with Crippen molar-refractivity contribution in [3.63, 3.8) is 0 Å². The average molecular weight is 374 g/mol. The lowest BCUT2D eigenvalue weighted by atomic mass is 10.1. The fourth-order valence-corrected chi connectivity index (χ4v) is 3.41. The van der Waals surface area contributed by atoms with Crippen molar-refractivity contribution in [1.82, 2.24) is 25.5 Å². The van der Waals surface area contributed by atoms with E-state index in [0.29, 0.717) is 11.2 Å². The Balaban J connectivity index is 1.50. The molecule has 9 heteroatoms. The number of aryl methyl sites for hydroxylation is 2. The molecule has 0 bridgehead atoms. The highest BCUT2D eigenvalue weighted by atomic mass is 32.2. The Morgan fingerprint density at radius 1 is 1.31 bits per heavy atom. The van der Waals surface area contributed by atoms with Crippen LogP contribution < -0.4 is 10.6 Å². The lowest BCUT2D eigenvalue weighted by Crippen LogP contribution is -2.37. The Bertz CT molecular complexity index is 797. The molecule has 0 spiro atoms. The molecule has 0 aliphatic heterocycles. The van der Waals surface area contributed by atoms with Crippen LogP contribution in [0.5, 0.6) is 0 Å². The summed E-state index contributed by atoms with van der Waals surface area (Å²) in [6, 6.07) is 6.16. The lowest BCUT2D eigenvalue weighted by Gasteiger charge is -2.13. The molecule has 1 atom stereocenters. The van der Waals surface area contributed by atoms with Crippen molar-refractivity contribution in [1.29, 1.82) is 0 Å². The monoisotopic (exact) mass is 374 g/mol. The standard InChI is InChI=1S/C17H22N6O2S/c1-10-5-4-6-11(2)15(10)19-14(24)9-18-16(25)12(3)26-17-20-21-22-23(17)13-7-8-13/h4-6,12-13H,7-9H2,1-3H3,(H,18,25)(H,19,24)/t12-/m1/s1. The van der Waals surface area contributed by atoms with Crippen molar-refractivity contribution >= 4 is 29.3 Å². The van der Waals surface area contributed by atoms with Crippen LogP contribution in [0.25, 0.3) is 0 Å². The SMILES string of the molecule is Cc1cccc(C)c1NC(=O)CNC(=O)[C@@H](C)Sc1nnnn1C1CC1. The van der Waals surface area contributed by atoms with Crippen LogP contribution >= 0.6 is 11.8 Å². The molecule has 0 unspecified atom stereocenters. The maximum atomic E-state index is 12.3. The minimum atomic E-state index is -0.397. The summed E-state index contributed by atoms with van der Waals surface area (Å²) in [4.78, 5) is 24.4. The molecule has 1 aromatic carbocycles. The predicted molar refractivity (Wildman–Crippen MR) is 99.0 cm³/mol. The Hall–Kier alpha value is -2.42. The molecule has 3 rings (SSSR count). The fourth-order valence-electron chi connectivity index (χ4n) is 2.53. The summed E-state index contributed by atoms with van der Waals surface area (Å²) in [6.45, 7) is 5.56. The topological polar surface area (TPSA) is 102 Å². The summed E-state index contributed by atoms with van der Waals surface area (Å²) in [5.41, 5.74) is 2.76. The van der Waals surface area contributed by atoms with Gasteiger partial charge in [0.25, 0.3) is 0 Å². The second kappa shape index (κ2) is 7.86. The van der Waals surface area contributed by atoms with Crippen LogP contribution in [0.15, 0.2) is 23.4 Å². The number of carbonyl (C=O) groups excluding carboxylic acids is 2. The first-order chi connectivity index (χ1) is 12.5. The van der Waals surface area contributed by atoms with E-state index in [-0.39, 0.29) is 18.4 Å². The Morgan fingerprint density at radius 3 is 2.65 bits per heavy atom. The number of benzene rings is 1. The maximum Gasteiger partial charge on any atom is 0.243 e. The number of hydrogen-bond donors (Lipinski definition) is 2. The molecule has 1 saturated carbocycles. The number of nitrogens with one attached hydrogen (secondary N) is 2. The number of rotatable bonds is 7. The molecule has 0 saturated heterocycles. The molecule has 1 heterocycles. The highest BCUT2D eigenvalue weighted by Crippen LogP contribution is 2.37. The van der Waals surface area contributed by atoms with E-state index in [9.17, 15) is 9.59 Å². The van der Waals surface area contributed by atoms with Crippen molar-refractivity contribution in [2.75, 3.05) is 11.9 Å². The minimum Gasteiger partial charge on any atom is -0.346 e. The predicted octanol–water partition coefficient (Wildman–Crippen LogP) is 1.86. The van der Waals surface area contributed by atoms with Gasteiger partial charge in [-0.25, -0.2) is 4.68 Å². The molecule has 0 radical (unpaired) electrons. The van der Waals surface area contributed by atoms with Gasteiger partial charge in [-0.05, 0) is 55.2 Å². The summed E-state index contributed by atoms with van der Waals surface area (Å²) < 4.78 is 1.77. The Labute approximate surface area is 156 Å². The molecule has 2 aromatic rings. The maximum absolute atomic E-state index is 12.3. The fraction of sp³-hybridized carbons (Fsp3) is 0.471. The van der Waals surface area contributed by atoms with E-state index in [4.69, 9.17) is 0 Å². The van der Waals surface area contributed by atoms with Gasteiger partial charge >= 0.3 is 0 Å². The van der Waals surface area contributed by atoms with Gasteiger partial charge in [0.05, 0.1) is 17.8 Å². The van der Waals surface area contributed by atoms with E-state index in [1.165, 1.54) is 11.8 Å². The average Bonchev–Trinajstić information content (AvgIpc) is 3.35. The van der Waals surface area contributed by atoms with E-state index in [0.717, 1.165) is 29.7 Å². The van der Waals surface area contributed by atoms with Gasteiger partial charge in [-0.15, -0.1) is 5.10 Å². The first kappa shape index (κ1) is 18.4. The number of anilines is 1. The smallest absolute Gasteiger partial charge is 0.243 e. The second-order valence-electron chi connectivity index (χ2n) is 6.43. The number of nitrogens with zero attached hydrogens (tertiary/aromatic N) is 4. The Kier molecular flexibility index (Phi) is 5.55. The third-order valence-electron chi connectivity index (χ3n) is 4.18. The number of hydrogen-bond acceptors (Lipinski definition) is 6. The van der Waals surface area contributed by atoms with Crippen molar-refractivity contribution in [3.8, 4) is 0 Å². The molecule has 1 fully saturated rings. The number of tetrazole rings is 1. The van der Waals surface area contributed by atoms with Crippen LogP contribution in [0.1, 0.15) is 36.9 Å². The highest BCUT2D eigenvalue weighted by molar-refractivity contribution is 8.00. The van der Waals surface area contributed by atoms with Crippen LogP contribution in [0.4, 0.5) is 5.69 Å². The highest BCUT2D eigenvalue weighted by Gasteiger charge is 2.29. The van der Waals surface area contributed by atoms with Crippen molar-refractivity contribution < 1.29 is 9.59 Å². The molecule has 2 N–H and O–H groups in total. The molecule has 138 valence electrons. The first-order valence-corrected chi connectivity index (χ1v) is 9.42. The van der Waals surface area contributed by atoms with Gasteiger partial charge in [0.1, 0.15) is 0 Å². The second-order valence-corrected chi connectivity index (χ2v) is 7.74. The summed E-state index contributed by atoms with van der Waals surface area (Å²) in [5, 5.41) is 17.4. The summed E-state index contributed by atoms with van der Waals surface area (Å²) in [7, 11) is 0. The molecular weight excluding hydrogens is 352 g/mol. The van der Waals surface area contributed by atoms with Crippen molar-refractivity contribution in [2.45, 2.75) is 50.1 Å². The molecule has 2 amide bonds. The van der Waals surface area contributed by atoms with Gasteiger partial charge in [0, 0.05) is 5.69 Å². The zero-order valence-electron chi connectivity index (χ0n) is 15.0. The molecule has 8 nitrogen and oxygen atoms in total. The van der Waals surface area contributed by atoms with Gasteiger partial charge in [0.15, 0.2) is 0 Å². The molecule has 26 heavy (non-hydrogen) atoms. The minimum absolute atomic E-state index is 0.0783. The third kappa shape index (κ3) is 4.40. The molecule has 1 aromatic heterocycles. The summed E-state index contributed by atoms with van der Waals surface area (Å²) in [6.07, 6.45) is 2.13.